The molecule has 0 aliphatic carbocycles. The lowest BCUT2D eigenvalue weighted by molar-refractivity contribution is -0.125. The molecule has 3 nitrogen and oxygen atoms in total. The zero-order valence-electron chi connectivity index (χ0n) is 9.53. The minimum Gasteiger partial charge on any atom is -0.369 e. The Kier molecular flexibility index (Phi) is 3.45. The summed E-state index contributed by atoms with van der Waals surface area (Å²) in [5.74, 6) is -0.284. The third-order valence-electron chi connectivity index (χ3n) is 3.52. The molecule has 0 atom stereocenters. The number of rotatable bonds is 2. The second kappa shape index (κ2) is 4.71. The van der Waals surface area contributed by atoms with E-state index in [-0.39, 0.29) is 5.91 Å². The van der Waals surface area contributed by atoms with Crippen molar-refractivity contribution in [3.05, 3.63) is 34.9 Å². The number of halogens is 1. The molecular weight excluding hydrogens is 234 g/mol. The summed E-state index contributed by atoms with van der Waals surface area (Å²) in [5.41, 5.74) is 5.92. The molecular formula is C12H14BClN2O. The third kappa shape index (κ3) is 2.33. The molecule has 1 aromatic rings. The number of hydrogen-bond acceptors (Lipinski definition) is 2. The summed E-state index contributed by atoms with van der Waals surface area (Å²) in [5, 5.41) is 0.657. The fourth-order valence-corrected chi connectivity index (χ4v) is 2.48. The van der Waals surface area contributed by atoms with Gasteiger partial charge in [0, 0.05) is 5.02 Å². The Morgan fingerprint density at radius 3 is 2.29 bits per heavy atom. The number of piperidine rings is 1. The highest BCUT2D eigenvalue weighted by atomic mass is 35.5. The van der Waals surface area contributed by atoms with Crippen LogP contribution in [0.15, 0.2) is 24.3 Å². The molecule has 1 saturated heterocycles. The molecule has 1 amide bonds. The van der Waals surface area contributed by atoms with E-state index in [4.69, 9.17) is 25.3 Å². The Labute approximate surface area is 107 Å². The molecule has 17 heavy (non-hydrogen) atoms. The van der Waals surface area contributed by atoms with Crippen LogP contribution < -0.4 is 5.73 Å². The van der Waals surface area contributed by atoms with Gasteiger partial charge in [0.2, 0.25) is 5.91 Å². The zero-order chi connectivity index (χ0) is 12.5. The molecule has 1 aliphatic heterocycles. The molecule has 88 valence electrons. The van der Waals surface area contributed by atoms with Crippen LogP contribution in [-0.4, -0.2) is 31.8 Å². The Bertz CT molecular complexity index is 413. The maximum absolute atomic E-state index is 11.8. The predicted octanol–water partition coefficient (Wildman–Crippen LogP) is 1.24. The van der Waals surface area contributed by atoms with Crippen molar-refractivity contribution in [2.24, 2.45) is 5.73 Å². The minimum atomic E-state index is -0.597. The van der Waals surface area contributed by atoms with E-state index >= 15 is 0 Å². The highest BCUT2D eigenvalue weighted by Crippen LogP contribution is 2.35. The van der Waals surface area contributed by atoms with E-state index in [1.54, 1.807) is 16.9 Å². The molecule has 1 aromatic carbocycles. The SMILES string of the molecule is [B]N1CCC(C(N)=O)(c2ccc(Cl)cc2)CC1. The van der Waals surface area contributed by atoms with Gasteiger partial charge in [-0.25, -0.2) is 0 Å². The van der Waals surface area contributed by atoms with Crippen molar-refractivity contribution in [1.29, 1.82) is 0 Å². The molecule has 0 bridgehead atoms. The van der Waals surface area contributed by atoms with Gasteiger partial charge in [0.1, 0.15) is 0 Å². The van der Waals surface area contributed by atoms with Crippen molar-refractivity contribution in [3.63, 3.8) is 0 Å². The standard InChI is InChI=1S/C12H14BClN2O/c13-16-7-5-12(6-8-16,11(15)17)9-1-3-10(14)4-2-9/h1-4H,5-8H2,(H2,15,17). The normalized spacial score (nSPS) is 20.1. The largest absolute Gasteiger partial charge is 0.369 e. The molecule has 1 fully saturated rings. The van der Waals surface area contributed by atoms with E-state index in [2.05, 4.69) is 0 Å². The molecule has 1 heterocycles. The molecule has 0 saturated carbocycles. The van der Waals surface area contributed by atoms with Crippen LogP contribution in [0.4, 0.5) is 0 Å². The summed E-state index contributed by atoms with van der Waals surface area (Å²) in [7, 11) is 5.72. The van der Waals surface area contributed by atoms with Gasteiger partial charge in [0.05, 0.1) is 5.41 Å². The van der Waals surface area contributed by atoms with E-state index in [0.29, 0.717) is 31.0 Å². The first-order chi connectivity index (χ1) is 8.04. The van der Waals surface area contributed by atoms with Crippen molar-refractivity contribution in [1.82, 2.24) is 4.81 Å². The molecule has 2 rings (SSSR count). The number of amides is 1. The number of primary amides is 1. The summed E-state index contributed by atoms with van der Waals surface area (Å²) in [4.78, 5) is 13.5. The first kappa shape index (κ1) is 12.5. The Morgan fingerprint density at radius 2 is 1.82 bits per heavy atom. The molecule has 2 N–H and O–H groups in total. The lowest BCUT2D eigenvalue weighted by Gasteiger charge is -2.39. The molecule has 0 unspecified atom stereocenters. The smallest absolute Gasteiger partial charge is 0.228 e. The summed E-state index contributed by atoms with van der Waals surface area (Å²) < 4.78 is 0. The van der Waals surface area contributed by atoms with Gasteiger partial charge in [0.15, 0.2) is 7.98 Å². The molecule has 0 spiro atoms. The molecule has 2 radical (unpaired) electrons. The van der Waals surface area contributed by atoms with Crippen LogP contribution in [0.25, 0.3) is 0 Å². The number of carbonyl (C=O) groups is 1. The van der Waals surface area contributed by atoms with Crippen molar-refractivity contribution in [2.45, 2.75) is 18.3 Å². The predicted molar refractivity (Wildman–Crippen MR) is 68.9 cm³/mol. The van der Waals surface area contributed by atoms with Crippen molar-refractivity contribution >= 4 is 25.5 Å². The summed E-state index contributed by atoms with van der Waals surface area (Å²) in [6.07, 6.45) is 1.31. The van der Waals surface area contributed by atoms with E-state index < -0.39 is 5.41 Å². The van der Waals surface area contributed by atoms with Gasteiger partial charge >= 0.3 is 0 Å². The second-order valence-electron chi connectivity index (χ2n) is 4.49. The highest BCUT2D eigenvalue weighted by molar-refractivity contribution is 6.30. The average Bonchev–Trinajstić information content (AvgIpc) is 2.31. The number of carbonyl (C=O) groups excluding carboxylic acids is 1. The summed E-state index contributed by atoms with van der Waals surface area (Å²) >= 11 is 5.85. The Morgan fingerprint density at radius 1 is 1.29 bits per heavy atom. The van der Waals surface area contributed by atoms with Crippen LogP contribution in [0.3, 0.4) is 0 Å². The first-order valence-electron chi connectivity index (χ1n) is 5.60. The number of hydrogen-bond donors (Lipinski definition) is 1. The van der Waals surface area contributed by atoms with Gasteiger partial charge in [-0.05, 0) is 43.6 Å². The maximum atomic E-state index is 11.8. The van der Waals surface area contributed by atoms with Gasteiger partial charge in [0.25, 0.3) is 0 Å². The minimum absolute atomic E-state index is 0.284. The van der Waals surface area contributed by atoms with Gasteiger partial charge < -0.3 is 10.5 Å². The van der Waals surface area contributed by atoms with Crippen LogP contribution in [0.2, 0.25) is 5.02 Å². The van der Waals surface area contributed by atoms with Gasteiger partial charge in [-0.3, -0.25) is 4.79 Å². The number of nitrogens with two attached hydrogens (primary N) is 1. The van der Waals surface area contributed by atoms with Gasteiger partial charge in [-0.2, -0.15) is 0 Å². The quantitative estimate of drug-likeness (QED) is 0.801. The van der Waals surface area contributed by atoms with Crippen LogP contribution in [0, 0.1) is 0 Å². The van der Waals surface area contributed by atoms with Crippen LogP contribution in [-0.2, 0) is 10.2 Å². The second-order valence-corrected chi connectivity index (χ2v) is 4.93. The molecule has 1 aliphatic rings. The Hall–Kier alpha value is -0.995. The Balaban J connectivity index is 2.35. The average molecular weight is 249 g/mol. The van der Waals surface area contributed by atoms with Crippen molar-refractivity contribution in [3.8, 4) is 0 Å². The van der Waals surface area contributed by atoms with E-state index in [1.165, 1.54) is 0 Å². The van der Waals surface area contributed by atoms with E-state index in [0.717, 1.165) is 5.56 Å². The lowest BCUT2D eigenvalue weighted by Crippen LogP contribution is -2.49. The maximum Gasteiger partial charge on any atom is 0.228 e. The van der Waals surface area contributed by atoms with Crippen LogP contribution in [0.1, 0.15) is 18.4 Å². The fourth-order valence-electron chi connectivity index (χ4n) is 2.35. The first-order valence-corrected chi connectivity index (χ1v) is 5.98. The van der Waals surface area contributed by atoms with E-state index in [9.17, 15) is 4.79 Å². The summed E-state index contributed by atoms with van der Waals surface area (Å²) in [6.45, 7) is 1.34. The molecule has 0 aromatic heterocycles. The topological polar surface area (TPSA) is 46.3 Å². The van der Waals surface area contributed by atoms with Gasteiger partial charge in [-0.15, -0.1) is 0 Å². The number of benzene rings is 1. The van der Waals surface area contributed by atoms with Crippen LogP contribution in [0.5, 0.6) is 0 Å². The summed E-state index contributed by atoms with van der Waals surface area (Å²) in [6, 6.07) is 7.32. The van der Waals surface area contributed by atoms with Gasteiger partial charge in [-0.1, -0.05) is 23.7 Å². The molecule has 5 heteroatoms. The monoisotopic (exact) mass is 248 g/mol. The highest BCUT2D eigenvalue weighted by Gasteiger charge is 2.40. The van der Waals surface area contributed by atoms with E-state index in [1.807, 2.05) is 12.1 Å². The number of nitrogens with zero attached hydrogens (tertiary/aromatic N) is 1. The lowest BCUT2D eigenvalue weighted by atomic mass is 9.71. The van der Waals surface area contributed by atoms with Crippen molar-refractivity contribution < 1.29 is 4.79 Å². The van der Waals surface area contributed by atoms with Crippen molar-refractivity contribution in [2.75, 3.05) is 13.1 Å². The van der Waals surface area contributed by atoms with Crippen LogP contribution >= 0.6 is 11.6 Å². The third-order valence-corrected chi connectivity index (χ3v) is 3.77. The fraction of sp³-hybridized carbons (Fsp3) is 0.417. The zero-order valence-corrected chi connectivity index (χ0v) is 10.3.